The van der Waals surface area contributed by atoms with Gasteiger partial charge in [-0.15, -0.1) is 0 Å². The summed E-state index contributed by atoms with van der Waals surface area (Å²) in [6, 6.07) is 8.33. The lowest BCUT2D eigenvalue weighted by atomic mass is 10.2. The Kier molecular flexibility index (Phi) is 4.79. The molecule has 1 rings (SSSR count). The SMILES string of the molecule is BrC(Br)c1ccc(C(Br)Br)cc1. The first-order chi connectivity index (χ1) is 5.61. The van der Waals surface area contributed by atoms with Crippen LogP contribution in [0, 0.1) is 0 Å². The van der Waals surface area contributed by atoms with Crippen LogP contribution in [0.15, 0.2) is 24.3 Å². The van der Waals surface area contributed by atoms with Gasteiger partial charge in [0.1, 0.15) is 0 Å². The fraction of sp³-hybridized carbons (Fsp3) is 0.250. The molecule has 0 unspecified atom stereocenters. The lowest BCUT2D eigenvalue weighted by molar-refractivity contribution is 1.35. The number of halogens is 4. The van der Waals surface area contributed by atoms with E-state index in [0.29, 0.717) is 0 Å². The van der Waals surface area contributed by atoms with E-state index >= 15 is 0 Å². The molecule has 0 spiro atoms. The highest BCUT2D eigenvalue weighted by Gasteiger charge is 2.04. The van der Waals surface area contributed by atoms with E-state index in [1.54, 1.807) is 0 Å². The van der Waals surface area contributed by atoms with Gasteiger partial charge in [-0.2, -0.15) is 0 Å². The molecule has 0 fully saturated rings. The van der Waals surface area contributed by atoms with E-state index < -0.39 is 0 Å². The van der Waals surface area contributed by atoms with Crippen molar-refractivity contribution in [2.45, 2.75) is 7.47 Å². The normalized spacial score (nSPS) is 11.2. The summed E-state index contributed by atoms with van der Waals surface area (Å²) >= 11 is 13.7. The van der Waals surface area contributed by atoms with Crippen molar-refractivity contribution in [1.82, 2.24) is 0 Å². The monoisotopic (exact) mass is 418 g/mol. The predicted molar refractivity (Wildman–Crippen MR) is 67.6 cm³/mol. The average Bonchev–Trinajstić information content (AvgIpc) is 2.04. The maximum absolute atomic E-state index is 3.44. The molecule has 4 heteroatoms. The lowest BCUT2D eigenvalue weighted by Crippen LogP contribution is -1.83. The van der Waals surface area contributed by atoms with E-state index in [1.165, 1.54) is 11.1 Å². The van der Waals surface area contributed by atoms with E-state index in [1.807, 2.05) is 0 Å². The average molecular weight is 422 g/mol. The number of hydrogen-bond acceptors (Lipinski definition) is 0. The molecule has 12 heavy (non-hydrogen) atoms. The van der Waals surface area contributed by atoms with E-state index in [2.05, 4.69) is 88.0 Å². The molecule has 0 N–H and O–H groups in total. The summed E-state index contributed by atoms with van der Waals surface area (Å²) in [5, 5.41) is 0. The van der Waals surface area contributed by atoms with Crippen molar-refractivity contribution in [2.24, 2.45) is 0 Å². The third-order valence-corrected chi connectivity index (χ3v) is 3.56. The molecule has 66 valence electrons. The molecule has 0 saturated heterocycles. The van der Waals surface area contributed by atoms with Crippen molar-refractivity contribution < 1.29 is 0 Å². The van der Waals surface area contributed by atoms with Gasteiger partial charge in [0.15, 0.2) is 0 Å². The Morgan fingerprint density at radius 3 is 1.08 bits per heavy atom. The van der Waals surface area contributed by atoms with Crippen LogP contribution in [-0.4, -0.2) is 0 Å². The Morgan fingerprint density at radius 2 is 0.917 bits per heavy atom. The van der Waals surface area contributed by atoms with E-state index in [9.17, 15) is 0 Å². The summed E-state index contributed by atoms with van der Waals surface area (Å²) in [5.41, 5.74) is 2.44. The first-order valence-corrected chi connectivity index (χ1v) is 6.93. The zero-order chi connectivity index (χ0) is 9.14. The Morgan fingerprint density at radius 1 is 0.667 bits per heavy atom. The summed E-state index contributed by atoms with van der Waals surface area (Å²) < 4.78 is 0.478. The summed E-state index contributed by atoms with van der Waals surface area (Å²) in [6.45, 7) is 0. The summed E-state index contributed by atoms with van der Waals surface area (Å²) in [5.74, 6) is 0. The molecule has 0 bridgehead atoms. The van der Waals surface area contributed by atoms with Gasteiger partial charge in [-0.1, -0.05) is 88.0 Å². The van der Waals surface area contributed by atoms with Crippen LogP contribution < -0.4 is 0 Å². The van der Waals surface area contributed by atoms with Gasteiger partial charge >= 0.3 is 0 Å². The maximum atomic E-state index is 3.44. The van der Waals surface area contributed by atoms with Crippen molar-refractivity contribution in [3.05, 3.63) is 35.4 Å². The van der Waals surface area contributed by atoms with Gasteiger partial charge in [0.2, 0.25) is 0 Å². The molecule has 0 aliphatic rings. The zero-order valence-electron chi connectivity index (χ0n) is 5.98. The molecule has 0 heterocycles. The van der Waals surface area contributed by atoms with Gasteiger partial charge in [-0.05, 0) is 11.1 Å². The summed E-state index contributed by atoms with van der Waals surface area (Å²) in [4.78, 5) is 0. The van der Waals surface area contributed by atoms with Crippen LogP contribution >= 0.6 is 63.7 Å². The molecule has 1 aromatic rings. The van der Waals surface area contributed by atoms with Crippen LogP contribution in [-0.2, 0) is 0 Å². The van der Waals surface area contributed by atoms with Crippen molar-refractivity contribution in [1.29, 1.82) is 0 Å². The van der Waals surface area contributed by atoms with Crippen LogP contribution in [0.25, 0.3) is 0 Å². The van der Waals surface area contributed by atoms with Crippen LogP contribution in [0.5, 0.6) is 0 Å². The van der Waals surface area contributed by atoms with Gasteiger partial charge in [-0.25, -0.2) is 0 Å². The van der Waals surface area contributed by atoms with Crippen molar-refractivity contribution in [3.8, 4) is 0 Å². The maximum Gasteiger partial charge on any atom is 0.0946 e. The largest absolute Gasteiger partial charge is 0.0946 e. The minimum Gasteiger partial charge on any atom is -0.0712 e. The molecular formula is C8H6Br4. The number of hydrogen-bond donors (Lipinski definition) is 0. The Labute approximate surface area is 106 Å². The molecule has 0 nitrogen and oxygen atoms in total. The quantitative estimate of drug-likeness (QED) is 0.571. The van der Waals surface area contributed by atoms with Gasteiger partial charge in [0.05, 0.1) is 7.47 Å². The van der Waals surface area contributed by atoms with Gasteiger partial charge < -0.3 is 0 Å². The molecular weight excluding hydrogens is 416 g/mol. The standard InChI is InChI=1S/C8H6Br4/c9-7(10)5-1-2-6(4-3-5)8(11)12/h1-4,7-8H. The van der Waals surface area contributed by atoms with E-state index in [4.69, 9.17) is 0 Å². The molecule has 1 aromatic carbocycles. The molecule has 0 saturated carbocycles. The first kappa shape index (κ1) is 11.2. The van der Waals surface area contributed by atoms with Crippen molar-refractivity contribution in [2.75, 3.05) is 0 Å². The summed E-state index contributed by atoms with van der Waals surface area (Å²) in [7, 11) is 0. The highest BCUT2D eigenvalue weighted by molar-refractivity contribution is 9.24. The van der Waals surface area contributed by atoms with Crippen molar-refractivity contribution >= 4 is 63.7 Å². The minimum absolute atomic E-state index is 0.239. The highest BCUT2D eigenvalue weighted by Crippen LogP contribution is 2.33. The van der Waals surface area contributed by atoms with Crippen molar-refractivity contribution in [3.63, 3.8) is 0 Å². The Bertz CT molecular complexity index is 213. The zero-order valence-corrected chi connectivity index (χ0v) is 12.3. The first-order valence-electron chi connectivity index (χ1n) is 3.27. The third kappa shape index (κ3) is 3.13. The second kappa shape index (κ2) is 5.13. The number of rotatable bonds is 2. The smallest absolute Gasteiger partial charge is 0.0712 e. The molecule has 0 radical (unpaired) electrons. The Hall–Kier alpha value is 1.14. The number of alkyl halides is 4. The van der Waals surface area contributed by atoms with E-state index in [0.717, 1.165) is 0 Å². The highest BCUT2D eigenvalue weighted by atomic mass is 79.9. The summed E-state index contributed by atoms with van der Waals surface area (Å²) in [6.07, 6.45) is 0. The third-order valence-electron chi connectivity index (χ3n) is 1.44. The van der Waals surface area contributed by atoms with Crippen LogP contribution in [0.2, 0.25) is 0 Å². The van der Waals surface area contributed by atoms with Gasteiger partial charge in [0, 0.05) is 0 Å². The van der Waals surface area contributed by atoms with Crippen LogP contribution in [0.1, 0.15) is 18.6 Å². The molecule has 0 aromatic heterocycles. The van der Waals surface area contributed by atoms with E-state index in [-0.39, 0.29) is 7.47 Å². The lowest BCUT2D eigenvalue weighted by Gasteiger charge is -2.05. The minimum atomic E-state index is 0.239. The van der Waals surface area contributed by atoms with Crippen LogP contribution in [0.3, 0.4) is 0 Å². The van der Waals surface area contributed by atoms with Gasteiger partial charge in [0.25, 0.3) is 0 Å². The fourth-order valence-electron chi connectivity index (χ4n) is 0.787. The molecule has 0 atom stereocenters. The predicted octanol–water partition coefficient (Wildman–Crippen LogP) is 5.26. The fourth-order valence-corrected chi connectivity index (χ4v) is 2.01. The van der Waals surface area contributed by atoms with Crippen LogP contribution in [0.4, 0.5) is 0 Å². The molecule has 0 aliphatic heterocycles. The second-order valence-corrected chi connectivity index (χ2v) is 8.39. The molecule has 0 amide bonds. The topological polar surface area (TPSA) is 0 Å². The second-order valence-electron chi connectivity index (χ2n) is 2.27. The number of benzene rings is 1. The molecule has 0 aliphatic carbocycles. The van der Waals surface area contributed by atoms with Gasteiger partial charge in [-0.3, -0.25) is 0 Å². The Balaban J connectivity index is 2.86.